The van der Waals surface area contributed by atoms with Crippen LogP contribution in [-0.2, 0) is 113 Å². The number of nitrogens with one attached hydrogen (secondary N) is 2. The van der Waals surface area contributed by atoms with Crippen LogP contribution >= 0.6 is 0 Å². The smallest absolute Gasteiger partial charge is 0.410 e. The molecular weight excluding hydrogens is 1720 g/mol. The number of amides is 5. The predicted molar refractivity (Wildman–Crippen MR) is 525 cm³/mol. The number of rotatable bonds is 15. The van der Waals surface area contributed by atoms with E-state index in [4.69, 9.17) is 28.4 Å². The number of nitro groups is 1. The van der Waals surface area contributed by atoms with Crippen LogP contribution in [0.3, 0.4) is 0 Å². The van der Waals surface area contributed by atoms with Gasteiger partial charge in [-0.3, -0.25) is 39.0 Å². The summed E-state index contributed by atoms with van der Waals surface area (Å²) in [4.78, 5) is 95.4. The first kappa shape index (κ1) is 124. The van der Waals surface area contributed by atoms with E-state index in [0.29, 0.717) is 67.5 Å². The molecule has 5 amide bonds. The van der Waals surface area contributed by atoms with Gasteiger partial charge < -0.3 is 49.3 Å². The van der Waals surface area contributed by atoms with Crippen molar-refractivity contribution in [2.45, 2.75) is 375 Å². The van der Waals surface area contributed by atoms with Crippen LogP contribution in [0.1, 0.15) is 322 Å². The molecule has 0 spiro atoms. The van der Waals surface area contributed by atoms with Gasteiger partial charge in [-0.2, -0.15) is 4.31 Å². The highest BCUT2D eigenvalue weighted by molar-refractivity contribution is 8.64. The molecule has 5 aliphatic rings. The van der Waals surface area contributed by atoms with Crippen LogP contribution in [0, 0.1) is 10.1 Å². The Morgan fingerprint density at radius 2 is 0.968 bits per heavy atom. The number of aromatic nitrogens is 1. The molecule has 0 radical (unpaired) electrons. The number of ether oxygens (including phenoxy) is 6. The van der Waals surface area contributed by atoms with E-state index in [1.807, 2.05) is 149 Å². The molecule has 0 bridgehead atoms. The van der Waals surface area contributed by atoms with Gasteiger partial charge >= 0.3 is 24.4 Å². The van der Waals surface area contributed by atoms with Crippen molar-refractivity contribution in [3.05, 3.63) is 111 Å². The highest BCUT2D eigenvalue weighted by Crippen LogP contribution is 2.61. The van der Waals surface area contributed by atoms with Crippen molar-refractivity contribution >= 4 is 139 Å². The summed E-state index contributed by atoms with van der Waals surface area (Å²) in [5.41, 5.74) is -5.30. The molecule has 1 aromatic heterocycles. The Labute approximate surface area is 767 Å². The molecule has 33 heteroatoms. The summed E-state index contributed by atoms with van der Waals surface area (Å²) >= 11 is 9.03. The van der Waals surface area contributed by atoms with Crippen molar-refractivity contribution in [1.29, 1.82) is 0 Å². The Morgan fingerprint density at radius 1 is 0.581 bits per heavy atom. The number of anilines is 1. The number of carbonyl (C=O) groups excluding carboxylic acids is 6. The fraction of sp³-hybridized carbons (Fsp3) is 0.670. The number of benzene rings is 3. The average Bonchev–Trinajstić information content (AvgIpc) is 1.50. The minimum Gasteiger partial charge on any atom is -0.444 e. The van der Waals surface area contributed by atoms with E-state index in [2.05, 4.69) is 46.9 Å². The number of aliphatic hydroxyl groups is 2. The molecule has 3 aromatic carbocycles. The zero-order valence-corrected chi connectivity index (χ0v) is 87.9. The van der Waals surface area contributed by atoms with Crippen molar-refractivity contribution < 1.29 is 80.7 Å². The molecule has 4 N–H and O–H groups in total. The molecule has 0 saturated carbocycles. The molecule has 124 heavy (non-hydrogen) atoms. The van der Waals surface area contributed by atoms with E-state index in [0.717, 1.165) is 47.4 Å². The van der Waals surface area contributed by atoms with Crippen molar-refractivity contribution in [1.82, 2.24) is 29.3 Å². The number of alkyl carbamates (subject to hydrolysis) is 2. The molecule has 0 aliphatic carbocycles. The first-order chi connectivity index (χ1) is 57.8. The number of nitro benzene ring substituents is 1. The Balaban J connectivity index is -0.000000914. The predicted octanol–water partition coefficient (Wildman–Crippen LogP) is 21.6. The fourth-order valence-electron chi connectivity index (χ4n) is 12.3. The van der Waals surface area contributed by atoms with E-state index in [1.54, 1.807) is 152 Å². The lowest BCUT2D eigenvalue weighted by atomic mass is 9.83. The maximum Gasteiger partial charge on any atom is 0.410 e. The summed E-state index contributed by atoms with van der Waals surface area (Å²) < 4.78 is 66.8. The van der Waals surface area contributed by atoms with Crippen LogP contribution in [0.5, 0.6) is 0 Å². The number of hydrogen-bond acceptors (Lipinski definition) is 20. The summed E-state index contributed by atoms with van der Waals surface area (Å²) in [5, 5.41) is 38.9. The van der Waals surface area contributed by atoms with Gasteiger partial charge in [-0.05, 0) is 218 Å². The minimum absolute atomic E-state index is 0.156. The lowest BCUT2D eigenvalue weighted by Gasteiger charge is -2.41. The maximum absolute atomic E-state index is 15.1. The number of epoxide rings is 1. The molecular formula is C91H158N8O18S7. The molecule has 2 unspecified atom stereocenters. The summed E-state index contributed by atoms with van der Waals surface area (Å²) in [6, 6.07) is 13.6. The monoisotopic (exact) mass is 1870 g/mol. The number of nitrogens with zero attached hydrogens (tertiary/aromatic N) is 6. The third kappa shape index (κ3) is 40.4. The average molecular weight is 1880 g/mol. The maximum atomic E-state index is 15.1. The van der Waals surface area contributed by atoms with Crippen molar-refractivity contribution in [3.63, 3.8) is 0 Å². The third-order valence-corrected chi connectivity index (χ3v) is 25.2. The van der Waals surface area contributed by atoms with Gasteiger partial charge in [0.1, 0.15) is 45.8 Å². The summed E-state index contributed by atoms with van der Waals surface area (Å²) in [5.74, 6) is -0.742. The highest BCUT2D eigenvalue weighted by atomic mass is 33.3. The normalized spacial score (nSPS) is 17.4. The van der Waals surface area contributed by atoms with Crippen LogP contribution in [0.2, 0.25) is 0 Å². The number of hydrogen-bond donors (Lipinski definition) is 4. The van der Waals surface area contributed by atoms with E-state index in [9.17, 15) is 44.3 Å². The largest absolute Gasteiger partial charge is 0.444 e. The van der Waals surface area contributed by atoms with Crippen molar-refractivity contribution in [3.8, 4) is 0 Å². The zero-order chi connectivity index (χ0) is 97.7. The Hall–Kier alpha value is -6.63. The quantitative estimate of drug-likeness (QED) is 0.0372. The van der Waals surface area contributed by atoms with Crippen LogP contribution in [0.4, 0.5) is 30.6 Å². The van der Waals surface area contributed by atoms with Gasteiger partial charge in [0.05, 0.1) is 44.4 Å². The molecule has 5 aliphatic heterocycles. The molecule has 712 valence electrons. The van der Waals surface area contributed by atoms with Crippen LogP contribution in [-0.4, -0.2) is 174 Å². The van der Waals surface area contributed by atoms with Crippen LogP contribution in [0.25, 0.3) is 23.1 Å². The molecule has 26 nitrogen and oxygen atoms in total. The Morgan fingerprint density at radius 3 is 1.35 bits per heavy atom. The second-order valence-corrected chi connectivity index (χ2v) is 41.1. The molecule has 9 rings (SSSR count). The van der Waals surface area contributed by atoms with E-state index < -0.39 is 108 Å². The van der Waals surface area contributed by atoms with E-state index in [1.165, 1.54) is 74.5 Å². The number of non-ortho nitro benzene ring substituents is 1. The van der Waals surface area contributed by atoms with Gasteiger partial charge in [0.25, 0.3) is 17.5 Å². The van der Waals surface area contributed by atoms with Gasteiger partial charge in [-0.1, -0.05) is 173 Å². The number of sulfonamides is 1. The molecule has 6 heterocycles. The molecule has 4 atom stereocenters. The third-order valence-electron chi connectivity index (χ3n) is 16.4. The lowest BCUT2D eigenvalue weighted by Crippen LogP contribution is -2.58. The lowest BCUT2D eigenvalue weighted by molar-refractivity contribution is -0.384. The van der Waals surface area contributed by atoms with Gasteiger partial charge in [-0.25, -0.2) is 27.6 Å². The number of fused-ring (bicyclic) bond motifs is 4. The number of likely N-dealkylation sites (tertiary alicyclic amines) is 2. The summed E-state index contributed by atoms with van der Waals surface area (Å²) in [6.07, 6.45) is 7.07. The topological polar surface area (TPSA) is 321 Å². The first-order valence-electron chi connectivity index (χ1n) is 43.7. The van der Waals surface area contributed by atoms with Gasteiger partial charge in [0, 0.05) is 113 Å². The minimum atomic E-state index is -4.65. The SMILES string of the molecule is CC.CC.CC.CC.CC.CC.CC.CC.CC.CC(C)(O)/C=C/c1cccc2c1[C@@]1(CCNC(=O)OC(C)(C)C)[C@H](OC(C)(C)N1S(=O)(=O)c1ccc([N+](=O)[O-])cc1)N2C(=O)C1CCCN1C(=O)OC(C)(C)C.CC(C)(O)/C=C/c1cccc2c1c(CCNC(=O)OC(C)(C)C)cn2C(=O)C1CCCN1C(=O)OC(C)(C)C.CC1(C)CO1.S=S=S=S=S=S. The highest BCUT2D eigenvalue weighted by Gasteiger charge is 2.71. The Bertz CT molecular complexity index is 4250. The number of carbonyl (C=O) groups is 6. The summed E-state index contributed by atoms with van der Waals surface area (Å²) in [6.45, 7) is 72.7. The van der Waals surface area contributed by atoms with Crippen LogP contribution < -0.4 is 15.5 Å². The van der Waals surface area contributed by atoms with Gasteiger partial charge in [0.2, 0.25) is 10.0 Å². The first-order valence-corrected chi connectivity index (χ1v) is 51.8. The second kappa shape index (κ2) is 58.0. The van der Waals surface area contributed by atoms with Crippen molar-refractivity contribution in [2.75, 3.05) is 37.7 Å². The van der Waals surface area contributed by atoms with E-state index >= 15 is 13.2 Å². The van der Waals surface area contributed by atoms with Gasteiger partial charge in [0.15, 0.2) is 6.23 Å². The van der Waals surface area contributed by atoms with Crippen molar-refractivity contribution in [2.24, 2.45) is 0 Å². The Kier molecular flexibility index (Phi) is 57.9. The van der Waals surface area contributed by atoms with Crippen LogP contribution in [0.15, 0.2) is 83.9 Å². The molecule has 4 fully saturated rings. The van der Waals surface area contributed by atoms with E-state index in [-0.39, 0.29) is 41.6 Å². The standard InChI is InChI=1S/C39H53N5O11S.C30H43N3O6.C4H8O.9C2H6.S6/c1-35(2,3)54-33(46)40-23-22-39-30-25(20-21-37(7,8)48)13-11-14-28(30)42(31(45)29-15-12-24-41(29)34(47)55-36(4,5)6)32(39)53-38(9,10)44(39)56(51,52)27-18-16-26(17-19-27)43(49)50;1-28(2,3)38-26(35)31-17-15-21-19-33(22-12-9-11-20(24(21)22)14-16-30(7,8)37)25(34)23-13-10-18-32(23)27(36)39-29(4,5)6;1-4(2)3-5-4;9*1-2;1-3-5-6-4-2/h11,13-14,16-21,29,32,48H,12,15,22-24H2,1-10H3,(H,40,46);9,11-12,14,16,19,23,37H,10,13,15,17-18H2,1-8H3,(H,31,35);3H2,1-2H3;9*1-2H3;/b21-20+;16-14+;;;;;;;;;;;/t29?,32-,39-;;;;;;;;;;;;/m0............/s1. The molecule has 4 aromatic rings. The van der Waals surface area contributed by atoms with Gasteiger partial charge in [-0.15, -0.1) is 0 Å². The fourth-order valence-corrected chi connectivity index (χ4v) is 19.8. The molecule has 4 saturated heterocycles. The zero-order valence-electron chi connectivity index (χ0n) is 82.1. The second-order valence-electron chi connectivity index (χ2n) is 32.2. The summed E-state index contributed by atoms with van der Waals surface area (Å²) in [7, 11) is 0.983.